The number of carbonyl (C=O) groups is 2. The third kappa shape index (κ3) is 7.57. The van der Waals surface area contributed by atoms with Gasteiger partial charge in [0.1, 0.15) is 0 Å². The van der Waals surface area contributed by atoms with Gasteiger partial charge in [0.2, 0.25) is 0 Å². The summed E-state index contributed by atoms with van der Waals surface area (Å²) >= 11 is 0. The Bertz CT molecular complexity index is 240. The first kappa shape index (κ1) is 15.7. The number of hydrogen-bond donors (Lipinski definition) is 3. The molecule has 3 N–H and O–H groups in total. The van der Waals surface area contributed by atoms with Crippen LogP contribution in [0, 0.1) is 5.92 Å². The molecule has 0 saturated heterocycles. The largest absolute Gasteiger partial charge is 0.481 e. The highest BCUT2D eigenvalue weighted by molar-refractivity contribution is 5.74. The number of aliphatic carboxylic acids is 1. The van der Waals surface area contributed by atoms with E-state index < -0.39 is 5.97 Å². The standard InChI is InChI=1S/C11H22N2O4/c1-3-4-13(5-6-14)11(17)12-8-9(2)7-10(15)16/h9,14H,3-8H2,1-2H3,(H,12,17)(H,15,16). The lowest BCUT2D eigenvalue weighted by Crippen LogP contribution is -2.43. The van der Waals surface area contributed by atoms with Crippen LogP contribution in [0.3, 0.4) is 0 Å². The second kappa shape index (κ2) is 8.81. The quantitative estimate of drug-likeness (QED) is 0.582. The minimum Gasteiger partial charge on any atom is -0.481 e. The van der Waals surface area contributed by atoms with Gasteiger partial charge in [-0.15, -0.1) is 0 Å². The molecule has 0 spiro atoms. The topological polar surface area (TPSA) is 89.9 Å². The van der Waals surface area contributed by atoms with Crippen LogP contribution in [0.4, 0.5) is 4.79 Å². The van der Waals surface area contributed by atoms with Crippen LogP contribution in [-0.4, -0.2) is 53.4 Å². The molecule has 2 amide bonds. The van der Waals surface area contributed by atoms with E-state index in [1.54, 1.807) is 6.92 Å². The lowest BCUT2D eigenvalue weighted by atomic mass is 10.1. The highest BCUT2D eigenvalue weighted by Crippen LogP contribution is 2.00. The van der Waals surface area contributed by atoms with Crippen LogP contribution in [0.2, 0.25) is 0 Å². The van der Waals surface area contributed by atoms with E-state index in [-0.39, 0.29) is 25.0 Å². The number of urea groups is 1. The Labute approximate surface area is 102 Å². The molecule has 1 unspecified atom stereocenters. The summed E-state index contributed by atoms with van der Waals surface area (Å²) in [4.78, 5) is 23.6. The van der Waals surface area contributed by atoms with Gasteiger partial charge < -0.3 is 20.4 Å². The number of hydrogen-bond acceptors (Lipinski definition) is 3. The van der Waals surface area contributed by atoms with E-state index in [2.05, 4.69) is 5.32 Å². The van der Waals surface area contributed by atoms with Crippen molar-refractivity contribution < 1.29 is 19.8 Å². The molecule has 0 aromatic rings. The van der Waals surface area contributed by atoms with E-state index in [1.165, 1.54) is 4.90 Å². The van der Waals surface area contributed by atoms with E-state index in [0.717, 1.165) is 6.42 Å². The van der Waals surface area contributed by atoms with Crippen molar-refractivity contribution in [1.29, 1.82) is 0 Å². The molecular weight excluding hydrogens is 224 g/mol. The SMILES string of the molecule is CCCN(CCO)C(=O)NCC(C)CC(=O)O. The number of carbonyl (C=O) groups excluding carboxylic acids is 1. The van der Waals surface area contributed by atoms with E-state index in [4.69, 9.17) is 10.2 Å². The van der Waals surface area contributed by atoms with Gasteiger partial charge in [0, 0.05) is 26.1 Å². The Morgan fingerprint density at radius 3 is 2.47 bits per heavy atom. The number of amides is 2. The summed E-state index contributed by atoms with van der Waals surface area (Å²) in [6, 6.07) is -0.252. The van der Waals surface area contributed by atoms with Gasteiger partial charge in [-0.05, 0) is 12.3 Å². The van der Waals surface area contributed by atoms with Crippen molar-refractivity contribution >= 4 is 12.0 Å². The molecule has 0 aromatic heterocycles. The van der Waals surface area contributed by atoms with Crippen molar-refractivity contribution in [1.82, 2.24) is 10.2 Å². The molecule has 0 bridgehead atoms. The molecule has 0 aromatic carbocycles. The third-order valence-corrected chi connectivity index (χ3v) is 2.28. The van der Waals surface area contributed by atoms with Crippen LogP contribution < -0.4 is 5.32 Å². The van der Waals surface area contributed by atoms with E-state index >= 15 is 0 Å². The summed E-state index contributed by atoms with van der Waals surface area (Å²) in [5.41, 5.74) is 0. The van der Waals surface area contributed by atoms with Gasteiger partial charge in [0.25, 0.3) is 0 Å². The zero-order valence-corrected chi connectivity index (χ0v) is 10.5. The average molecular weight is 246 g/mol. The smallest absolute Gasteiger partial charge is 0.317 e. The maximum atomic E-state index is 11.7. The first-order chi connectivity index (χ1) is 8.01. The average Bonchev–Trinajstić information content (AvgIpc) is 2.24. The van der Waals surface area contributed by atoms with Gasteiger partial charge in [-0.25, -0.2) is 4.79 Å². The first-order valence-corrected chi connectivity index (χ1v) is 5.86. The minimum absolute atomic E-state index is 0.0358. The van der Waals surface area contributed by atoms with Gasteiger partial charge in [-0.2, -0.15) is 0 Å². The zero-order valence-electron chi connectivity index (χ0n) is 10.5. The highest BCUT2D eigenvalue weighted by atomic mass is 16.4. The number of carboxylic acids is 1. The molecule has 0 aliphatic rings. The molecule has 0 fully saturated rings. The van der Waals surface area contributed by atoms with Gasteiger partial charge in [-0.3, -0.25) is 4.79 Å². The molecule has 100 valence electrons. The second-order valence-corrected chi connectivity index (χ2v) is 4.10. The van der Waals surface area contributed by atoms with Crippen LogP contribution in [0.1, 0.15) is 26.7 Å². The molecule has 0 heterocycles. The number of rotatable bonds is 8. The van der Waals surface area contributed by atoms with E-state index in [1.807, 2.05) is 6.92 Å². The number of nitrogens with zero attached hydrogens (tertiary/aromatic N) is 1. The van der Waals surface area contributed by atoms with Crippen molar-refractivity contribution in [3.63, 3.8) is 0 Å². The van der Waals surface area contributed by atoms with E-state index in [0.29, 0.717) is 19.6 Å². The molecule has 0 radical (unpaired) electrons. The summed E-state index contributed by atoms with van der Waals surface area (Å²) in [6.45, 7) is 4.86. The monoisotopic (exact) mass is 246 g/mol. The Morgan fingerprint density at radius 1 is 1.35 bits per heavy atom. The molecule has 6 nitrogen and oxygen atoms in total. The number of carboxylic acid groups (broad SMARTS) is 1. The van der Waals surface area contributed by atoms with Gasteiger partial charge in [-0.1, -0.05) is 13.8 Å². The molecule has 0 saturated carbocycles. The van der Waals surface area contributed by atoms with Crippen molar-refractivity contribution in [3.8, 4) is 0 Å². The molecule has 1 atom stereocenters. The van der Waals surface area contributed by atoms with Gasteiger partial charge in [0.15, 0.2) is 0 Å². The Kier molecular flexibility index (Phi) is 8.13. The van der Waals surface area contributed by atoms with Gasteiger partial charge in [0.05, 0.1) is 6.61 Å². The first-order valence-electron chi connectivity index (χ1n) is 5.86. The number of aliphatic hydroxyl groups excluding tert-OH is 1. The minimum atomic E-state index is -0.868. The Hall–Kier alpha value is -1.30. The van der Waals surface area contributed by atoms with E-state index in [9.17, 15) is 9.59 Å². The summed E-state index contributed by atoms with van der Waals surface area (Å²) in [7, 11) is 0. The Balaban J connectivity index is 3.99. The summed E-state index contributed by atoms with van der Waals surface area (Å²) < 4.78 is 0. The van der Waals surface area contributed by atoms with Crippen molar-refractivity contribution in [2.45, 2.75) is 26.7 Å². The zero-order chi connectivity index (χ0) is 13.3. The number of nitrogens with one attached hydrogen (secondary N) is 1. The molecule has 6 heteroatoms. The van der Waals surface area contributed by atoms with Crippen molar-refractivity contribution in [3.05, 3.63) is 0 Å². The lowest BCUT2D eigenvalue weighted by Gasteiger charge is -2.22. The van der Waals surface area contributed by atoms with Crippen LogP contribution in [0.25, 0.3) is 0 Å². The lowest BCUT2D eigenvalue weighted by molar-refractivity contribution is -0.137. The van der Waals surface area contributed by atoms with Crippen LogP contribution in [0.15, 0.2) is 0 Å². The summed E-state index contributed by atoms with van der Waals surface area (Å²) in [5.74, 6) is -0.971. The van der Waals surface area contributed by atoms with Crippen LogP contribution >= 0.6 is 0 Å². The predicted octanol–water partition coefficient (Wildman–Crippen LogP) is 0.511. The molecule has 0 rings (SSSR count). The maximum absolute atomic E-state index is 11.7. The van der Waals surface area contributed by atoms with Crippen molar-refractivity contribution in [2.75, 3.05) is 26.2 Å². The summed E-state index contributed by atoms with van der Waals surface area (Å²) in [5, 5.41) is 20.0. The predicted molar refractivity (Wildman–Crippen MR) is 63.8 cm³/mol. The fourth-order valence-corrected chi connectivity index (χ4v) is 1.45. The second-order valence-electron chi connectivity index (χ2n) is 4.10. The maximum Gasteiger partial charge on any atom is 0.317 e. The van der Waals surface area contributed by atoms with Gasteiger partial charge >= 0.3 is 12.0 Å². The molecule has 0 aliphatic carbocycles. The molecular formula is C11H22N2O4. The number of aliphatic hydroxyl groups is 1. The van der Waals surface area contributed by atoms with Crippen LogP contribution in [-0.2, 0) is 4.79 Å². The molecule has 0 aliphatic heterocycles. The highest BCUT2D eigenvalue weighted by Gasteiger charge is 2.13. The van der Waals surface area contributed by atoms with Crippen LogP contribution in [0.5, 0.6) is 0 Å². The fraction of sp³-hybridized carbons (Fsp3) is 0.818. The summed E-state index contributed by atoms with van der Waals surface area (Å²) in [6.07, 6.45) is 0.853. The Morgan fingerprint density at radius 2 is 2.00 bits per heavy atom. The fourth-order valence-electron chi connectivity index (χ4n) is 1.45. The normalized spacial score (nSPS) is 11.9. The molecule has 17 heavy (non-hydrogen) atoms. The third-order valence-electron chi connectivity index (χ3n) is 2.28. The van der Waals surface area contributed by atoms with Crippen molar-refractivity contribution in [2.24, 2.45) is 5.92 Å².